The molecule has 0 radical (unpaired) electrons. The molecule has 0 heterocycles. The molecule has 1 aliphatic carbocycles. The van der Waals surface area contributed by atoms with Crippen LogP contribution in [0.15, 0.2) is 0 Å². The van der Waals surface area contributed by atoms with E-state index in [0.717, 1.165) is 18.2 Å². The Hall–Kier alpha value is 0.580. The summed E-state index contributed by atoms with van der Waals surface area (Å²) in [6.07, 6.45) is 9.18. The van der Waals surface area contributed by atoms with Crippen LogP contribution in [0.4, 0.5) is 0 Å². The zero-order valence-corrected chi connectivity index (χ0v) is 9.13. The molecule has 0 aromatic carbocycles. The second-order valence-corrected chi connectivity index (χ2v) is 4.63. The highest BCUT2D eigenvalue weighted by Crippen LogP contribution is 2.39. The van der Waals surface area contributed by atoms with Gasteiger partial charge >= 0.3 is 0 Å². The van der Waals surface area contributed by atoms with Gasteiger partial charge in [-0.15, -0.1) is 23.2 Å². The lowest BCUT2D eigenvalue weighted by Gasteiger charge is -2.29. The van der Waals surface area contributed by atoms with Gasteiger partial charge in [-0.1, -0.05) is 25.7 Å². The summed E-state index contributed by atoms with van der Waals surface area (Å²) in [6.45, 7) is 0. The molecule has 0 atom stereocenters. The Morgan fingerprint density at radius 1 is 0.917 bits per heavy atom. The van der Waals surface area contributed by atoms with Gasteiger partial charge in [0.05, 0.1) is 0 Å². The van der Waals surface area contributed by atoms with Gasteiger partial charge in [-0.3, -0.25) is 0 Å². The van der Waals surface area contributed by atoms with Gasteiger partial charge in [0.1, 0.15) is 0 Å². The van der Waals surface area contributed by atoms with E-state index < -0.39 is 0 Å². The van der Waals surface area contributed by atoms with Gasteiger partial charge in [0.25, 0.3) is 0 Å². The summed E-state index contributed by atoms with van der Waals surface area (Å²) < 4.78 is 0. The molecule has 1 aliphatic rings. The van der Waals surface area contributed by atoms with Gasteiger partial charge in [-0.25, -0.2) is 0 Å². The molecule has 0 unspecified atom stereocenters. The van der Waals surface area contributed by atoms with Crippen molar-refractivity contribution in [1.82, 2.24) is 0 Å². The molecular weight excluding hydrogens is 191 g/mol. The minimum Gasteiger partial charge on any atom is -0.127 e. The molecule has 0 spiro atoms. The fraction of sp³-hybridized carbons (Fsp3) is 1.00. The maximum atomic E-state index is 6.03. The maximum Gasteiger partial charge on any atom is 0.0280 e. The molecular formula is C10H18Cl2. The lowest BCUT2D eigenvalue weighted by molar-refractivity contribution is 0.274. The zero-order chi connectivity index (χ0) is 8.86. The van der Waals surface area contributed by atoms with Gasteiger partial charge in [-0.05, 0) is 24.7 Å². The summed E-state index contributed by atoms with van der Waals surface area (Å²) in [7, 11) is 0. The van der Waals surface area contributed by atoms with Crippen molar-refractivity contribution in [2.24, 2.45) is 5.41 Å². The first-order chi connectivity index (χ1) is 5.83. The molecule has 0 aromatic heterocycles. The van der Waals surface area contributed by atoms with E-state index in [9.17, 15) is 0 Å². The summed E-state index contributed by atoms with van der Waals surface area (Å²) in [5.41, 5.74) is 0.389. The highest BCUT2D eigenvalue weighted by Gasteiger charge is 2.28. The Balaban J connectivity index is 2.48. The van der Waals surface area contributed by atoms with Crippen LogP contribution < -0.4 is 0 Å². The van der Waals surface area contributed by atoms with Gasteiger partial charge in [0.15, 0.2) is 0 Å². The monoisotopic (exact) mass is 208 g/mol. The van der Waals surface area contributed by atoms with Crippen molar-refractivity contribution < 1.29 is 0 Å². The standard InChI is InChI=1S/C10H18Cl2/c11-8-7-10(9-12)5-3-1-2-4-6-10/h1-9H2. The molecule has 0 amide bonds. The Morgan fingerprint density at radius 3 is 1.92 bits per heavy atom. The maximum absolute atomic E-state index is 6.03. The van der Waals surface area contributed by atoms with Gasteiger partial charge in [-0.2, -0.15) is 0 Å². The minimum atomic E-state index is 0.389. The van der Waals surface area contributed by atoms with Crippen molar-refractivity contribution in [3.8, 4) is 0 Å². The van der Waals surface area contributed by atoms with Crippen LogP contribution in [0.1, 0.15) is 44.9 Å². The molecule has 0 aromatic rings. The largest absolute Gasteiger partial charge is 0.127 e. The Kier molecular flexibility index (Phi) is 4.74. The molecule has 0 aliphatic heterocycles. The van der Waals surface area contributed by atoms with Crippen molar-refractivity contribution in [2.45, 2.75) is 44.9 Å². The number of halogens is 2. The third-order valence-corrected chi connectivity index (χ3v) is 3.83. The Bertz CT molecular complexity index is 115. The van der Waals surface area contributed by atoms with Crippen molar-refractivity contribution >= 4 is 23.2 Å². The van der Waals surface area contributed by atoms with Crippen LogP contribution in [-0.2, 0) is 0 Å². The summed E-state index contributed by atoms with van der Waals surface area (Å²) in [4.78, 5) is 0. The van der Waals surface area contributed by atoms with Gasteiger partial charge < -0.3 is 0 Å². The molecule has 1 rings (SSSR count). The molecule has 12 heavy (non-hydrogen) atoms. The van der Waals surface area contributed by atoms with E-state index in [2.05, 4.69) is 0 Å². The second kappa shape index (κ2) is 5.34. The third kappa shape index (κ3) is 2.81. The third-order valence-electron chi connectivity index (χ3n) is 3.07. The first-order valence-corrected chi connectivity index (χ1v) is 6.02. The van der Waals surface area contributed by atoms with E-state index in [0.29, 0.717) is 5.41 Å². The molecule has 2 heteroatoms. The van der Waals surface area contributed by atoms with Crippen LogP contribution in [0.5, 0.6) is 0 Å². The van der Waals surface area contributed by atoms with E-state index in [4.69, 9.17) is 23.2 Å². The zero-order valence-electron chi connectivity index (χ0n) is 7.62. The fourth-order valence-corrected chi connectivity index (χ4v) is 2.93. The average Bonchev–Trinajstić information content (AvgIpc) is 2.32. The molecule has 0 saturated heterocycles. The smallest absolute Gasteiger partial charge is 0.0280 e. The number of hydrogen-bond acceptors (Lipinski definition) is 0. The van der Waals surface area contributed by atoms with E-state index in [-0.39, 0.29) is 0 Å². The topological polar surface area (TPSA) is 0 Å². The minimum absolute atomic E-state index is 0.389. The van der Waals surface area contributed by atoms with Crippen LogP contribution in [0.25, 0.3) is 0 Å². The molecule has 1 fully saturated rings. The van der Waals surface area contributed by atoms with Crippen LogP contribution in [0, 0.1) is 5.41 Å². The van der Waals surface area contributed by atoms with Crippen LogP contribution in [-0.4, -0.2) is 11.8 Å². The summed E-state index contributed by atoms with van der Waals surface area (Å²) in [6, 6.07) is 0. The lowest BCUT2D eigenvalue weighted by Crippen LogP contribution is -2.22. The summed E-state index contributed by atoms with van der Waals surface area (Å²) >= 11 is 11.8. The van der Waals surface area contributed by atoms with Gasteiger partial charge in [0.2, 0.25) is 0 Å². The molecule has 0 nitrogen and oxygen atoms in total. The van der Waals surface area contributed by atoms with Crippen molar-refractivity contribution in [1.29, 1.82) is 0 Å². The van der Waals surface area contributed by atoms with E-state index in [1.807, 2.05) is 0 Å². The SMILES string of the molecule is ClCCC1(CCl)CCCCCC1. The Labute approximate surface area is 85.6 Å². The number of hydrogen-bond donors (Lipinski definition) is 0. The van der Waals surface area contributed by atoms with E-state index >= 15 is 0 Å². The first-order valence-electron chi connectivity index (χ1n) is 4.95. The molecule has 1 saturated carbocycles. The predicted octanol–water partition coefficient (Wildman–Crippen LogP) is 4.19. The van der Waals surface area contributed by atoms with Crippen LogP contribution in [0.3, 0.4) is 0 Å². The number of rotatable bonds is 3. The molecule has 0 bridgehead atoms. The highest BCUT2D eigenvalue weighted by molar-refractivity contribution is 6.19. The normalized spacial score (nSPS) is 23.5. The van der Waals surface area contributed by atoms with Crippen LogP contribution in [0.2, 0.25) is 0 Å². The lowest BCUT2D eigenvalue weighted by atomic mass is 9.80. The van der Waals surface area contributed by atoms with Crippen molar-refractivity contribution in [3.05, 3.63) is 0 Å². The van der Waals surface area contributed by atoms with Crippen LogP contribution >= 0.6 is 23.2 Å². The van der Waals surface area contributed by atoms with E-state index in [1.165, 1.54) is 38.5 Å². The summed E-state index contributed by atoms with van der Waals surface area (Å²) in [5, 5.41) is 0. The fourth-order valence-electron chi connectivity index (χ4n) is 2.13. The van der Waals surface area contributed by atoms with E-state index in [1.54, 1.807) is 0 Å². The predicted molar refractivity (Wildman–Crippen MR) is 56.2 cm³/mol. The molecule has 0 N–H and O–H groups in total. The molecule has 72 valence electrons. The highest BCUT2D eigenvalue weighted by atomic mass is 35.5. The summed E-state index contributed by atoms with van der Waals surface area (Å²) in [5.74, 6) is 1.58. The average molecular weight is 209 g/mol. The second-order valence-electron chi connectivity index (χ2n) is 3.99. The van der Waals surface area contributed by atoms with Gasteiger partial charge in [0, 0.05) is 11.8 Å². The quantitative estimate of drug-likeness (QED) is 0.482. The number of alkyl halides is 2. The van der Waals surface area contributed by atoms with Crippen molar-refractivity contribution in [3.63, 3.8) is 0 Å². The first kappa shape index (κ1) is 10.7. The Morgan fingerprint density at radius 2 is 1.50 bits per heavy atom. The van der Waals surface area contributed by atoms with Crippen molar-refractivity contribution in [2.75, 3.05) is 11.8 Å².